The summed E-state index contributed by atoms with van der Waals surface area (Å²) in [6, 6.07) is -0.339. The van der Waals surface area contributed by atoms with Gasteiger partial charge in [-0.3, -0.25) is 9.69 Å². The molecule has 1 unspecified atom stereocenters. The van der Waals surface area contributed by atoms with Crippen LogP contribution in [0.4, 0.5) is 4.79 Å². The van der Waals surface area contributed by atoms with Crippen molar-refractivity contribution in [2.45, 2.75) is 58.1 Å². The zero-order valence-electron chi connectivity index (χ0n) is 13.0. The average molecular weight is 282 g/mol. The number of amides is 2. The van der Waals surface area contributed by atoms with Gasteiger partial charge in [-0.25, -0.2) is 4.79 Å². The maximum atomic E-state index is 12.5. The van der Waals surface area contributed by atoms with Crippen LogP contribution in [-0.2, 0) is 9.53 Å². The third-order valence-corrected chi connectivity index (χ3v) is 3.77. The fourth-order valence-electron chi connectivity index (χ4n) is 2.59. The number of hydrogen-bond acceptors (Lipinski definition) is 3. The zero-order chi connectivity index (χ0) is 14.9. The van der Waals surface area contributed by atoms with Gasteiger partial charge in [-0.1, -0.05) is 0 Å². The molecule has 1 aliphatic carbocycles. The molecule has 0 bridgehead atoms. The lowest BCUT2D eigenvalue weighted by Crippen LogP contribution is -2.48. The first-order valence-electron chi connectivity index (χ1n) is 7.52. The van der Waals surface area contributed by atoms with Crippen molar-refractivity contribution in [2.24, 2.45) is 5.92 Å². The molecule has 114 valence electrons. The van der Waals surface area contributed by atoms with Gasteiger partial charge in [0.2, 0.25) is 5.91 Å². The minimum absolute atomic E-state index is 0.0558. The molecule has 1 saturated heterocycles. The molecule has 2 rings (SSSR count). The topological polar surface area (TPSA) is 49.9 Å². The number of nitrogens with zero attached hydrogens (tertiary/aromatic N) is 2. The van der Waals surface area contributed by atoms with Crippen molar-refractivity contribution in [3.8, 4) is 0 Å². The molecule has 2 fully saturated rings. The molecule has 1 heterocycles. The van der Waals surface area contributed by atoms with Gasteiger partial charge in [0, 0.05) is 20.1 Å². The van der Waals surface area contributed by atoms with Crippen LogP contribution in [0.1, 0.15) is 46.5 Å². The Hall–Kier alpha value is -1.26. The van der Waals surface area contributed by atoms with E-state index in [0.29, 0.717) is 12.5 Å². The normalized spacial score (nSPS) is 22.8. The molecule has 0 aromatic rings. The zero-order valence-corrected chi connectivity index (χ0v) is 13.0. The summed E-state index contributed by atoms with van der Waals surface area (Å²) in [7, 11) is 1.84. The third kappa shape index (κ3) is 3.87. The first-order chi connectivity index (χ1) is 9.28. The van der Waals surface area contributed by atoms with Crippen LogP contribution in [0.15, 0.2) is 0 Å². The van der Waals surface area contributed by atoms with Crippen LogP contribution in [0.5, 0.6) is 0 Å². The van der Waals surface area contributed by atoms with E-state index < -0.39 is 5.60 Å². The van der Waals surface area contributed by atoms with Crippen molar-refractivity contribution in [3.05, 3.63) is 0 Å². The summed E-state index contributed by atoms with van der Waals surface area (Å²) in [4.78, 5) is 28.0. The quantitative estimate of drug-likeness (QED) is 0.797. The second kappa shape index (κ2) is 5.62. The van der Waals surface area contributed by atoms with Gasteiger partial charge in [0.25, 0.3) is 0 Å². The Morgan fingerprint density at radius 1 is 1.25 bits per heavy atom. The standard InChI is InChI=1S/C15H26N2O3/c1-15(2,3)20-14(19)17-9-5-6-12(17)13(18)16(4)10-11-7-8-11/h11-12H,5-10H2,1-4H3. The van der Waals surface area contributed by atoms with Crippen LogP contribution in [0, 0.1) is 5.92 Å². The fourth-order valence-corrected chi connectivity index (χ4v) is 2.59. The van der Waals surface area contributed by atoms with Crippen LogP contribution in [0.2, 0.25) is 0 Å². The lowest BCUT2D eigenvalue weighted by Gasteiger charge is -2.30. The second-order valence-corrected chi connectivity index (χ2v) is 6.99. The number of rotatable bonds is 3. The summed E-state index contributed by atoms with van der Waals surface area (Å²) in [6.07, 6.45) is 3.68. The van der Waals surface area contributed by atoms with E-state index in [9.17, 15) is 9.59 Å². The molecule has 1 saturated carbocycles. The lowest BCUT2D eigenvalue weighted by atomic mass is 10.2. The molecule has 1 aliphatic heterocycles. The second-order valence-electron chi connectivity index (χ2n) is 6.99. The highest BCUT2D eigenvalue weighted by atomic mass is 16.6. The van der Waals surface area contributed by atoms with Gasteiger partial charge < -0.3 is 9.64 Å². The molecule has 0 aromatic carbocycles. The van der Waals surface area contributed by atoms with Gasteiger partial charge >= 0.3 is 6.09 Å². The van der Waals surface area contributed by atoms with Crippen molar-refractivity contribution in [1.29, 1.82) is 0 Å². The summed E-state index contributed by atoms with van der Waals surface area (Å²) in [6.45, 7) is 6.96. The Labute approximate surface area is 121 Å². The molecule has 1 atom stereocenters. The van der Waals surface area contributed by atoms with Gasteiger partial charge in [-0.05, 0) is 52.4 Å². The van der Waals surface area contributed by atoms with E-state index in [4.69, 9.17) is 4.74 Å². The van der Waals surface area contributed by atoms with Crippen molar-refractivity contribution in [3.63, 3.8) is 0 Å². The first-order valence-corrected chi connectivity index (χ1v) is 7.52. The highest BCUT2D eigenvalue weighted by molar-refractivity contribution is 5.86. The van der Waals surface area contributed by atoms with E-state index in [1.807, 2.05) is 27.8 Å². The summed E-state index contributed by atoms with van der Waals surface area (Å²) in [5.74, 6) is 0.723. The smallest absolute Gasteiger partial charge is 0.410 e. The average Bonchev–Trinajstić information content (AvgIpc) is 2.99. The van der Waals surface area contributed by atoms with Crippen LogP contribution in [0.3, 0.4) is 0 Å². The molecule has 20 heavy (non-hydrogen) atoms. The lowest BCUT2D eigenvalue weighted by molar-refractivity contribution is -0.134. The maximum absolute atomic E-state index is 12.5. The number of hydrogen-bond donors (Lipinski definition) is 0. The fraction of sp³-hybridized carbons (Fsp3) is 0.867. The predicted octanol–water partition coefficient (Wildman–Crippen LogP) is 2.25. The molecular weight excluding hydrogens is 256 g/mol. The number of ether oxygens (including phenoxy) is 1. The first kappa shape index (κ1) is 15.1. The van der Waals surface area contributed by atoms with E-state index in [-0.39, 0.29) is 18.0 Å². The van der Waals surface area contributed by atoms with Gasteiger partial charge in [-0.2, -0.15) is 0 Å². The minimum atomic E-state index is -0.521. The van der Waals surface area contributed by atoms with E-state index >= 15 is 0 Å². The van der Waals surface area contributed by atoms with Crippen molar-refractivity contribution in [1.82, 2.24) is 9.80 Å². The summed E-state index contributed by atoms with van der Waals surface area (Å²) >= 11 is 0. The highest BCUT2D eigenvalue weighted by Gasteiger charge is 2.38. The molecular formula is C15H26N2O3. The third-order valence-electron chi connectivity index (χ3n) is 3.77. The molecule has 5 heteroatoms. The monoisotopic (exact) mass is 282 g/mol. The summed E-state index contributed by atoms with van der Waals surface area (Å²) in [5, 5.41) is 0. The molecule has 5 nitrogen and oxygen atoms in total. The van der Waals surface area contributed by atoms with Gasteiger partial charge in [-0.15, -0.1) is 0 Å². The number of carbonyl (C=O) groups excluding carboxylic acids is 2. The van der Waals surface area contributed by atoms with Crippen LogP contribution in [0.25, 0.3) is 0 Å². The van der Waals surface area contributed by atoms with E-state index in [1.54, 1.807) is 9.80 Å². The van der Waals surface area contributed by atoms with Crippen molar-refractivity contribution in [2.75, 3.05) is 20.1 Å². The summed E-state index contributed by atoms with van der Waals surface area (Å²) < 4.78 is 5.39. The van der Waals surface area contributed by atoms with Crippen LogP contribution in [-0.4, -0.2) is 53.6 Å². The Morgan fingerprint density at radius 2 is 1.90 bits per heavy atom. The SMILES string of the molecule is CN(CC1CC1)C(=O)C1CCCN1C(=O)OC(C)(C)C. The Balaban J connectivity index is 1.95. The number of likely N-dealkylation sites (N-methyl/N-ethyl adjacent to an activating group) is 1. The van der Waals surface area contributed by atoms with Gasteiger partial charge in [0.1, 0.15) is 11.6 Å². The summed E-state index contributed by atoms with van der Waals surface area (Å²) in [5.41, 5.74) is -0.521. The number of likely N-dealkylation sites (tertiary alicyclic amines) is 1. The van der Waals surface area contributed by atoms with Gasteiger partial charge in [0.05, 0.1) is 0 Å². The molecule has 2 amide bonds. The number of carbonyl (C=O) groups is 2. The van der Waals surface area contributed by atoms with E-state index in [0.717, 1.165) is 19.4 Å². The van der Waals surface area contributed by atoms with Crippen LogP contribution >= 0.6 is 0 Å². The van der Waals surface area contributed by atoms with E-state index in [1.165, 1.54) is 12.8 Å². The van der Waals surface area contributed by atoms with Crippen molar-refractivity contribution >= 4 is 12.0 Å². The minimum Gasteiger partial charge on any atom is -0.444 e. The van der Waals surface area contributed by atoms with E-state index in [2.05, 4.69) is 0 Å². The molecule has 0 spiro atoms. The molecule has 2 aliphatic rings. The van der Waals surface area contributed by atoms with Gasteiger partial charge in [0.15, 0.2) is 0 Å². The molecule has 0 aromatic heterocycles. The molecule has 0 radical (unpaired) electrons. The maximum Gasteiger partial charge on any atom is 0.410 e. The van der Waals surface area contributed by atoms with Crippen molar-refractivity contribution < 1.29 is 14.3 Å². The largest absolute Gasteiger partial charge is 0.444 e. The predicted molar refractivity (Wildman–Crippen MR) is 76.3 cm³/mol. The Bertz CT molecular complexity index is 385. The Morgan fingerprint density at radius 3 is 2.45 bits per heavy atom. The molecule has 0 N–H and O–H groups in total. The van der Waals surface area contributed by atoms with Crippen LogP contribution < -0.4 is 0 Å². The Kier molecular flexibility index (Phi) is 4.25. The highest BCUT2D eigenvalue weighted by Crippen LogP contribution is 2.30.